The number of hydrogen-bond acceptors (Lipinski definition) is 4. The van der Waals surface area contributed by atoms with Crippen molar-refractivity contribution in [1.82, 2.24) is 0 Å². The number of ether oxygens (including phenoxy) is 1. The van der Waals surface area contributed by atoms with Gasteiger partial charge in [0, 0.05) is 23.4 Å². The van der Waals surface area contributed by atoms with Gasteiger partial charge in [-0.3, -0.25) is 4.79 Å². The average Bonchev–Trinajstić information content (AvgIpc) is 2.68. The molecule has 4 rings (SSSR count). The van der Waals surface area contributed by atoms with Gasteiger partial charge in [0.25, 0.3) is 0 Å². The smallest absolute Gasteiger partial charge is 0.205 e. The Labute approximate surface area is 168 Å². The fraction of sp³-hybridized carbons (Fsp3) is 0.217. The van der Waals surface area contributed by atoms with Crippen LogP contribution in [-0.2, 0) is 9.53 Å². The van der Waals surface area contributed by atoms with Crippen LogP contribution in [0.2, 0.25) is 5.02 Å². The average molecular weight is 391 g/mol. The molecule has 2 aromatic rings. The summed E-state index contributed by atoms with van der Waals surface area (Å²) >= 11 is 6.40. The van der Waals surface area contributed by atoms with Crippen molar-refractivity contribution in [3.8, 4) is 6.07 Å². The van der Waals surface area contributed by atoms with E-state index < -0.39 is 5.92 Å². The Balaban J connectivity index is 1.80. The molecule has 2 aliphatic rings. The van der Waals surface area contributed by atoms with Gasteiger partial charge in [-0.15, -0.1) is 0 Å². The summed E-state index contributed by atoms with van der Waals surface area (Å²) in [5.74, 6) is -0.00661. The first kappa shape index (κ1) is 18.3. The number of allylic oxidation sites excluding steroid dienone is 3. The molecule has 2 N–H and O–H groups in total. The van der Waals surface area contributed by atoms with Gasteiger partial charge in [-0.1, -0.05) is 59.6 Å². The Hall–Kier alpha value is -3.03. The Kier molecular flexibility index (Phi) is 4.70. The van der Waals surface area contributed by atoms with Crippen LogP contribution in [0.4, 0.5) is 0 Å². The summed E-state index contributed by atoms with van der Waals surface area (Å²) < 4.78 is 5.78. The van der Waals surface area contributed by atoms with E-state index in [9.17, 15) is 10.1 Å². The third-order valence-electron chi connectivity index (χ3n) is 5.43. The first-order valence-electron chi connectivity index (χ1n) is 9.14. The fourth-order valence-electron chi connectivity index (χ4n) is 4.00. The Morgan fingerprint density at radius 1 is 1.14 bits per heavy atom. The van der Waals surface area contributed by atoms with Crippen LogP contribution in [-0.4, -0.2) is 5.78 Å². The van der Waals surface area contributed by atoms with Gasteiger partial charge in [-0.2, -0.15) is 5.26 Å². The van der Waals surface area contributed by atoms with Gasteiger partial charge in [0.1, 0.15) is 17.4 Å². The second-order valence-electron chi connectivity index (χ2n) is 7.22. The molecule has 1 heterocycles. The number of aryl methyl sites for hydroxylation is 1. The summed E-state index contributed by atoms with van der Waals surface area (Å²) in [5, 5.41) is 10.2. The van der Waals surface area contributed by atoms with Gasteiger partial charge in [-0.25, -0.2) is 0 Å². The van der Waals surface area contributed by atoms with Gasteiger partial charge in [-0.05, 0) is 30.0 Å². The molecule has 0 fully saturated rings. The predicted octanol–water partition coefficient (Wildman–Crippen LogP) is 4.86. The number of benzene rings is 2. The Morgan fingerprint density at radius 3 is 2.54 bits per heavy atom. The molecular weight excluding hydrogens is 372 g/mol. The van der Waals surface area contributed by atoms with Crippen molar-refractivity contribution in [3.63, 3.8) is 0 Å². The Morgan fingerprint density at radius 2 is 1.86 bits per heavy atom. The molecule has 0 unspecified atom stereocenters. The maximum Gasteiger partial charge on any atom is 0.205 e. The predicted molar refractivity (Wildman–Crippen MR) is 107 cm³/mol. The zero-order valence-electron chi connectivity index (χ0n) is 15.4. The first-order valence-corrected chi connectivity index (χ1v) is 9.52. The zero-order chi connectivity index (χ0) is 19.8. The number of carbonyl (C=O) groups is 1. The first-order chi connectivity index (χ1) is 13.5. The molecule has 5 heteroatoms. The van der Waals surface area contributed by atoms with Crippen molar-refractivity contribution in [3.05, 3.63) is 93.0 Å². The molecule has 1 aliphatic carbocycles. The van der Waals surface area contributed by atoms with Crippen LogP contribution in [0.3, 0.4) is 0 Å². The van der Waals surface area contributed by atoms with Crippen molar-refractivity contribution < 1.29 is 9.53 Å². The summed E-state index contributed by atoms with van der Waals surface area (Å²) in [6.45, 7) is 2.03. The van der Waals surface area contributed by atoms with E-state index in [1.165, 1.54) is 5.56 Å². The minimum atomic E-state index is -0.589. The van der Waals surface area contributed by atoms with Crippen LogP contribution >= 0.6 is 11.6 Å². The number of nitrogens with two attached hydrogens (primary N) is 1. The van der Waals surface area contributed by atoms with Crippen LogP contribution in [0.1, 0.15) is 41.4 Å². The highest BCUT2D eigenvalue weighted by Crippen LogP contribution is 2.47. The lowest BCUT2D eigenvalue weighted by atomic mass is 9.73. The van der Waals surface area contributed by atoms with Crippen LogP contribution < -0.4 is 5.73 Å². The quantitative estimate of drug-likeness (QED) is 0.794. The molecular formula is C23H19ClN2O2. The maximum absolute atomic E-state index is 13.2. The van der Waals surface area contributed by atoms with E-state index in [0.29, 0.717) is 34.8 Å². The molecule has 0 spiro atoms. The van der Waals surface area contributed by atoms with Crippen LogP contribution in [0.25, 0.3) is 0 Å². The third kappa shape index (κ3) is 3.08. The summed E-state index contributed by atoms with van der Waals surface area (Å²) in [7, 11) is 0. The summed E-state index contributed by atoms with van der Waals surface area (Å²) in [5.41, 5.74) is 9.76. The number of rotatable bonds is 2. The number of halogens is 1. The number of ketones is 1. The molecule has 0 bridgehead atoms. The zero-order valence-corrected chi connectivity index (χ0v) is 16.2. The molecule has 28 heavy (non-hydrogen) atoms. The number of carbonyl (C=O) groups excluding carboxylic acids is 1. The normalized spacial score (nSPS) is 21.8. The van der Waals surface area contributed by atoms with Crippen molar-refractivity contribution in [2.24, 2.45) is 5.73 Å². The lowest BCUT2D eigenvalue weighted by molar-refractivity contribution is -0.117. The minimum Gasteiger partial charge on any atom is -0.444 e. The summed E-state index contributed by atoms with van der Waals surface area (Å²) in [6, 6.07) is 17.5. The third-order valence-corrected chi connectivity index (χ3v) is 5.77. The molecule has 0 amide bonds. The highest BCUT2D eigenvalue weighted by atomic mass is 35.5. The van der Waals surface area contributed by atoms with Crippen LogP contribution in [0, 0.1) is 18.3 Å². The van der Waals surface area contributed by atoms with E-state index in [4.69, 9.17) is 22.1 Å². The van der Waals surface area contributed by atoms with Gasteiger partial charge in [0.2, 0.25) is 5.88 Å². The van der Waals surface area contributed by atoms with Crippen molar-refractivity contribution >= 4 is 17.4 Å². The molecule has 2 atom stereocenters. The maximum atomic E-state index is 13.2. The van der Waals surface area contributed by atoms with Crippen molar-refractivity contribution in [2.75, 3.05) is 0 Å². The number of hydrogen-bond donors (Lipinski definition) is 1. The van der Waals surface area contributed by atoms with E-state index in [-0.39, 0.29) is 23.2 Å². The minimum absolute atomic E-state index is 0.0233. The number of nitrogens with zero attached hydrogens (tertiary/aromatic N) is 1. The van der Waals surface area contributed by atoms with Crippen molar-refractivity contribution in [1.29, 1.82) is 5.26 Å². The molecule has 0 radical (unpaired) electrons. The second kappa shape index (κ2) is 7.18. The molecule has 2 aromatic carbocycles. The molecule has 0 saturated heterocycles. The largest absolute Gasteiger partial charge is 0.444 e. The molecule has 0 saturated carbocycles. The molecule has 0 aromatic heterocycles. The van der Waals surface area contributed by atoms with Crippen molar-refractivity contribution in [2.45, 2.75) is 31.6 Å². The van der Waals surface area contributed by atoms with Gasteiger partial charge in [0.05, 0.1) is 5.92 Å². The number of Topliss-reactive ketones (excluding diaryl/α,β-unsaturated/α-hetero) is 1. The van der Waals surface area contributed by atoms with E-state index in [1.807, 2.05) is 49.4 Å². The van der Waals surface area contributed by atoms with Gasteiger partial charge < -0.3 is 10.5 Å². The van der Waals surface area contributed by atoms with E-state index >= 15 is 0 Å². The van der Waals surface area contributed by atoms with Gasteiger partial charge >= 0.3 is 0 Å². The standard InChI is InChI=1S/C23H19ClN2O2/c1-13-6-8-14(9-7-13)15-10-19(27)22-20(11-15)28-23(26)17(12-25)21(22)16-4-2-3-5-18(16)24/h2-9,15,21H,10-11,26H2,1H3/t15-,21+/m0/s1. The Bertz CT molecular complexity index is 1060. The summed E-state index contributed by atoms with van der Waals surface area (Å²) in [6.07, 6.45) is 0.926. The van der Waals surface area contributed by atoms with E-state index in [0.717, 1.165) is 5.56 Å². The lowest BCUT2D eigenvalue weighted by Crippen LogP contribution is -2.30. The second-order valence-corrected chi connectivity index (χ2v) is 7.63. The van der Waals surface area contributed by atoms with Crippen LogP contribution in [0.15, 0.2) is 71.3 Å². The SMILES string of the molecule is Cc1ccc([C@H]2CC(=O)C3=C(C2)OC(N)=C(C#N)[C@H]3c2ccccc2Cl)cc1. The molecule has 140 valence electrons. The number of nitriles is 1. The fourth-order valence-corrected chi connectivity index (χ4v) is 4.25. The van der Waals surface area contributed by atoms with Gasteiger partial charge in [0.15, 0.2) is 5.78 Å². The highest BCUT2D eigenvalue weighted by molar-refractivity contribution is 6.31. The van der Waals surface area contributed by atoms with E-state index in [1.54, 1.807) is 6.07 Å². The highest BCUT2D eigenvalue weighted by Gasteiger charge is 2.41. The lowest BCUT2D eigenvalue weighted by Gasteiger charge is -2.34. The molecule has 1 aliphatic heterocycles. The monoisotopic (exact) mass is 390 g/mol. The summed E-state index contributed by atoms with van der Waals surface area (Å²) in [4.78, 5) is 13.2. The molecule has 4 nitrogen and oxygen atoms in total. The van der Waals surface area contributed by atoms with Crippen LogP contribution in [0.5, 0.6) is 0 Å². The van der Waals surface area contributed by atoms with E-state index in [2.05, 4.69) is 6.07 Å². The topological polar surface area (TPSA) is 76.1 Å².